The summed E-state index contributed by atoms with van der Waals surface area (Å²) in [5.74, 6) is -0.359. The number of hydrogen-bond donors (Lipinski definition) is 1. The lowest BCUT2D eigenvalue weighted by atomic mass is 10.2. The maximum absolute atomic E-state index is 10.5. The molecule has 0 unspecified atom stereocenters. The van der Waals surface area contributed by atoms with Crippen molar-refractivity contribution >= 4 is 5.97 Å². The van der Waals surface area contributed by atoms with Crippen molar-refractivity contribution in [1.29, 1.82) is 0 Å². The molecule has 0 aromatic carbocycles. The van der Waals surface area contributed by atoms with E-state index in [4.69, 9.17) is 5.11 Å². The van der Waals surface area contributed by atoms with Gasteiger partial charge in [0.25, 0.3) is 0 Å². The minimum Gasteiger partial charge on any atom is -0.481 e. The van der Waals surface area contributed by atoms with E-state index in [-0.39, 0.29) is 5.92 Å². The normalized spacial score (nSPS) is 25.8. The Bertz CT molecular complexity index is 295. The number of hydrogen-bond acceptors (Lipinski definition) is 2. The van der Waals surface area contributed by atoms with Gasteiger partial charge in [0.1, 0.15) is 0 Å². The zero-order chi connectivity index (χ0) is 9.26. The second kappa shape index (κ2) is 3.20. The predicted octanol–water partition coefficient (Wildman–Crippen LogP) is 0.994. The van der Waals surface area contributed by atoms with Crippen molar-refractivity contribution in [2.75, 3.05) is 0 Å². The Kier molecular flexibility index (Phi) is 2.04. The molecule has 1 N–H and O–H groups in total. The maximum Gasteiger partial charge on any atom is 0.306 e. The van der Waals surface area contributed by atoms with Gasteiger partial charge in [-0.25, -0.2) is 0 Å². The lowest BCUT2D eigenvalue weighted by Crippen LogP contribution is -2.03. The average molecular weight is 180 g/mol. The van der Waals surface area contributed by atoms with Crippen LogP contribution in [0.25, 0.3) is 0 Å². The summed E-state index contributed by atoms with van der Waals surface area (Å²) in [4.78, 5) is 10.5. The Labute approximate surface area is 76.2 Å². The summed E-state index contributed by atoms with van der Waals surface area (Å²) >= 11 is 0. The van der Waals surface area contributed by atoms with Crippen LogP contribution in [0, 0.1) is 11.8 Å². The Morgan fingerprint density at radius 2 is 2.54 bits per heavy atom. The number of aromatic nitrogens is 2. The molecule has 13 heavy (non-hydrogen) atoms. The van der Waals surface area contributed by atoms with E-state index in [9.17, 15) is 4.79 Å². The van der Waals surface area contributed by atoms with E-state index in [1.165, 1.54) is 0 Å². The molecule has 1 heterocycles. The molecule has 70 valence electrons. The summed E-state index contributed by atoms with van der Waals surface area (Å²) in [6, 6.07) is 1.88. The Hall–Kier alpha value is -1.32. The van der Waals surface area contributed by atoms with Crippen LogP contribution in [0.15, 0.2) is 18.5 Å². The third kappa shape index (κ3) is 1.88. The van der Waals surface area contributed by atoms with Gasteiger partial charge in [-0.15, -0.1) is 0 Å². The molecule has 0 bridgehead atoms. The largest absolute Gasteiger partial charge is 0.481 e. The summed E-state index contributed by atoms with van der Waals surface area (Å²) in [7, 11) is 0. The fourth-order valence-electron chi connectivity index (χ4n) is 1.60. The first kappa shape index (κ1) is 8.29. The number of aliphatic carboxylic acids is 1. The first-order valence-electron chi connectivity index (χ1n) is 4.47. The van der Waals surface area contributed by atoms with Crippen molar-refractivity contribution in [2.45, 2.75) is 19.4 Å². The van der Waals surface area contributed by atoms with Crippen LogP contribution in [-0.2, 0) is 11.3 Å². The van der Waals surface area contributed by atoms with Gasteiger partial charge in [0.2, 0.25) is 0 Å². The maximum atomic E-state index is 10.5. The zero-order valence-corrected chi connectivity index (χ0v) is 7.26. The number of aryl methyl sites for hydroxylation is 1. The van der Waals surface area contributed by atoms with Gasteiger partial charge >= 0.3 is 5.97 Å². The molecule has 1 saturated carbocycles. The van der Waals surface area contributed by atoms with Crippen LogP contribution in [0.2, 0.25) is 0 Å². The standard InChI is InChI=1S/C9H12N2O2/c12-9(13)8-6-7(8)2-5-11-4-1-3-10-11/h1,3-4,7-8H,2,5-6H2,(H,12,13)/t7-,8-/m1/s1. The van der Waals surface area contributed by atoms with E-state index in [1.54, 1.807) is 6.20 Å². The van der Waals surface area contributed by atoms with E-state index in [0.717, 1.165) is 19.4 Å². The lowest BCUT2D eigenvalue weighted by Gasteiger charge is -1.98. The molecular formula is C9H12N2O2. The molecule has 1 aromatic rings. The van der Waals surface area contributed by atoms with Gasteiger partial charge < -0.3 is 5.11 Å². The monoisotopic (exact) mass is 180 g/mol. The molecule has 0 spiro atoms. The molecule has 0 saturated heterocycles. The fraction of sp³-hybridized carbons (Fsp3) is 0.556. The highest BCUT2D eigenvalue weighted by atomic mass is 16.4. The van der Waals surface area contributed by atoms with Gasteiger partial charge in [0, 0.05) is 18.9 Å². The second-order valence-electron chi connectivity index (χ2n) is 3.50. The molecule has 0 radical (unpaired) electrons. The summed E-state index contributed by atoms with van der Waals surface area (Å²) in [6.07, 6.45) is 5.41. The van der Waals surface area contributed by atoms with Crippen LogP contribution in [0.3, 0.4) is 0 Å². The summed E-state index contributed by atoms with van der Waals surface area (Å²) < 4.78 is 1.84. The van der Waals surface area contributed by atoms with Crippen LogP contribution < -0.4 is 0 Å². The molecule has 0 aliphatic heterocycles. The minimum atomic E-state index is -0.648. The van der Waals surface area contributed by atoms with Crippen LogP contribution in [0.5, 0.6) is 0 Å². The highest BCUT2D eigenvalue weighted by Crippen LogP contribution is 2.41. The second-order valence-corrected chi connectivity index (χ2v) is 3.50. The summed E-state index contributed by atoms with van der Waals surface area (Å²) in [5, 5.41) is 12.7. The highest BCUT2D eigenvalue weighted by Gasteiger charge is 2.42. The molecule has 2 atom stereocenters. The molecular weight excluding hydrogens is 168 g/mol. The van der Waals surface area contributed by atoms with E-state index < -0.39 is 5.97 Å². The number of carboxylic acids is 1. The van der Waals surface area contributed by atoms with Crippen LogP contribution in [-0.4, -0.2) is 20.9 Å². The quantitative estimate of drug-likeness (QED) is 0.751. The SMILES string of the molecule is O=C(O)[C@@H]1C[C@H]1CCn1cccn1. The van der Waals surface area contributed by atoms with Gasteiger partial charge in [-0.05, 0) is 24.8 Å². The van der Waals surface area contributed by atoms with Crippen molar-refractivity contribution in [3.05, 3.63) is 18.5 Å². The van der Waals surface area contributed by atoms with Crippen molar-refractivity contribution in [2.24, 2.45) is 11.8 Å². The van der Waals surface area contributed by atoms with Gasteiger partial charge in [-0.3, -0.25) is 9.48 Å². The zero-order valence-electron chi connectivity index (χ0n) is 7.26. The van der Waals surface area contributed by atoms with Crippen molar-refractivity contribution in [3.8, 4) is 0 Å². The van der Waals surface area contributed by atoms with E-state index in [1.807, 2.05) is 16.9 Å². The molecule has 1 aliphatic carbocycles. The predicted molar refractivity (Wildman–Crippen MR) is 46.1 cm³/mol. The molecule has 1 aromatic heterocycles. The number of carbonyl (C=O) groups is 1. The first-order chi connectivity index (χ1) is 6.27. The van der Waals surface area contributed by atoms with Crippen molar-refractivity contribution < 1.29 is 9.90 Å². The number of rotatable bonds is 4. The third-order valence-corrected chi connectivity index (χ3v) is 2.53. The van der Waals surface area contributed by atoms with Crippen molar-refractivity contribution in [3.63, 3.8) is 0 Å². The van der Waals surface area contributed by atoms with Crippen molar-refractivity contribution in [1.82, 2.24) is 9.78 Å². The lowest BCUT2D eigenvalue weighted by molar-refractivity contribution is -0.138. The molecule has 1 aliphatic rings. The third-order valence-electron chi connectivity index (χ3n) is 2.53. The first-order valence-corrected chi connectivity index (χ1v) is 4.47. The van der Waals surface area contributed by atoms with Crippen LogP contribution >= 0.6 is 0 Å². The molecule has 0 amide bonds. The van der Waals surface area contributed by atoms with Gasteiger partial charge in [-0.1, -0.05) is 0 Å². The Morgan fingerprint density at radius 1 is 1.69 bits per heavy atom. The smallest absolute Gasteiger partial charge is 0.306 e. The van der Waals surface area contributed by atoms with E-state index >= 15 is 0 Å². The molecule has 4 heteroatoms. The summed E-state index contributed by atoms with van der Waals surface area (Å²) in [5.41, 5.74) is 0. The highest BCUT2D eigenvalue weighted by molar-refractivity contribution is 5.73. The fourth-order valence-corrected chi connectivity index (χ4v) is 1.60. The topological polar surface area (TPSA) is 55.1 Å². The molecule has 4 nitrogen and oxygen atoms in total. The van der Waals surface area contributed by atoms with Gasteiger partial charge in [0.05, 0.1) is 5.92 Å². The average Bonchev–Trinajstić information content (AvgIpc) is 2.70. The molecule has 2 rings (SSSR count). The van der Waals surface area contributed by atoms with E-state index in [0.29, 0.717) is 5.92 Å². The minimum absolute atomic E-state index is 0.0874. The van der Waals surface area contributed by atoms with E-state index in [2.05, 4.69) is 5.10 Å². The Morgan fingerprint density at radius 3 is 3.08 bits per heavy atom. The van der Waals surface area contributed by atoms with Gasteiger partial charge in [-0.2, -0.15) is 5.10 Å². The van der Waals surface area contributed by atoms with Crippen LogP contribution in [0.4, 0.5) is 0 Å². The summed E-state index contributed by atoms with van der Waals surface area (Å²) in [6.45, 7) is 0.835. The number of nitrogens with zero attached hydrogens (tertiary/aromatic N) is 2. The molecule has 1 fully saturated rings. The number of carboxylic acid groups (broad SMARTS) is 1. The van der Waals surface area contributed by atoms with Gasteiger partial charge in [0.15, 0.2) is 0 Å². The van der Waals surface area contributed by atoms with Crippen LogP contribution in [0.1, 0.15) is 12.8 Å². The Balaban J connectivity index is 1.74.